The topological polar surface area (TPSA) is 0 Å². The van der Waals surface area contributed by atoms with Crippen molar-refractivity contribution in [2.45, 2.75) is 18.5 Å². The van der Waals surface area contributed by atoms with Crippen LogP contribution < -0.4 is 0 Å². The van der Waals surface area contributed by atoms with Gasteiger partial charge in [0.05, 0.1) is 5.92 Å². The molecule has 1 aromatic carbocycles. The van der Waals surface area contributed by atoms with Gasteiger partial charge in [-0.1, -0.05) is 37.3 Å². The first kappa shape index (κ1) is 10.1. The Balaban J connectivity index is 2.92. The SMILES string of the molecule is [CH2]CC(c1ccccc1)C(F)(F)F. The van der Waals surface area contributed by atoms with Crippen molar-refractivity contribution < 1.29 is 13.2 Å². The summed E-state index contributed by atoms with van der Waals surface area (Å²) in [6, 6.07) is 7.85. The number of rotatable bonds is 2. The fourth-order valence-corrected chi connectivity index (χ4v) is 1.20. The lowest BCUT2D eigenvalue weighted by molar-refractivity contribution is -0.149. The third kappa shape index (κ3) is 2.47. The summed E-state index contributed by atoms with van der Waals surface area (Å²) in [5.41, 5.74) is 0.282. The predicted octanol–water partition coefficient (Wildman–Crippen LogP) is 3.56. The number of hydrogen-bond acceptors (Lipinski definition) is 0. The van der Waals surface area contributed by atoms with Crippen molar-refractivity contribution in [1.29, 1.82) is 0 Å². The molecule has 0 saturated carbocycles. The molecule has 0 nitrogen and oxygen atoms in total. The Morgan fingerprint density at radius 3 is 2.08 bits per heavy atom. The number of benzene rings is 1. The molecule has 0 aliphatic rings. The lowest BCUT2D eigenvalue weighted by Gasteiger charge is -2.18. The maximum absolute atomic E-state index is 12.4. The molecule has 13 heavy (non-hydrogen) atoms. The molecule has 0 bridgehead atoms. The average molecular weight is 187 g/mol. The second kappa shape index (κ2) is 3.81. The normalized spacial score (nSPS) is 14.2. The molecule has 0 aliphatic heterocycles. The quantitative estimate of drug-likeness (QED) is 0.664. The van der Waals surface area contributed by atoms with Gasteiger partial charge in [0.15, 0.2) is 0 Å². The molecule has 71 valence electrons. The molecule has 0 spiro atoms. The zero-order chi connectivity index (χ0) is 9.90. The van der Waals surface area contributed by atoms with Gasteiger partial charge < -0.3 is 0 Å². The van der Waals surface area contributed by atoms with Gasteiger partial charge in [-0.2, -0.15) is 13.2 Å². The van der Waals surface area contributed by atoms with Crippen LogP contribution in [0.25, 0.3) is 0 Å². The molecule has 1 unspecified atom stereocenters. The smallest absolute Gasteiger partial charge is 0.170 e. The largest absolute Gasteiger partial charge is 0.395 e. The molecular formula is C10H10F3. The molecule has 3 heteroatoms. The summed E-state index contributed by atoms with van der Waals surface area (Å²) < 4.78 is 37.1. The van der Waals surface area contributed by atoms with Gasteiger partial charge in [0, 0.05) is 0 Å². The summed E-state index contributed by atoms with van der Waals surface area (Å²) in [7, 11) is 0. The fourth-order valence-electron chi connectivity index (χ4n) is 1.20. The van der Waals surface area contributed by atoms with Crippen molar-refractivity contribution >= 4 is 0 Å². The van der Waals surface area contributed by atoms with E-state index in [4.69, 9.17) is 0 Å². The minimum absolute atomic E-state index is 0.159. The maximum atomic E-state index is 12.4. The van der Waals surface area contributed by atoms with E-state index in [2.05, 4.69) is 6.92 Å². The van der Waals surface area contributed by atoms with E-state index in [-0.39, 0.29) is 12.0 Å². The summed E-state index contributed by atoms with van der Waals surface area (Å²) in [5.74, 6) is -1.44. The third-order valence-corrected chi connectivity index (χ3v) is 1.89. The van der Waals surface area contributed by atoms with Crippen LogP contribution in [-0.2, 0) is 0 Å². The Labute approximate surface area is 75.4 Å². The van der Waals surface area contributed by atoms with Crippen LogP contribution in [0.1, 0.15) is 17.9 Å². The average Bonchev–Trinajstić information content (AvgIpc) is 2.05. The molecule has 0 saturated heterocycles. The van der Waals surface area contributed by atoms with Crippen molar-refractivity contribution in [2.75, 3.05) is 0 Å². The van der Waals surface area contributed by atoms with Gasteiger partial charge in [-0.15, -0.1) is 0 Å². The highest BCUT2D eigenvalue weighted by molar-refractivity contribution is 5.21. The van der Waals surface area contributed by atoms with E-state index >= 15 is 0 Å². The number of hydrogen-bond donors (Lipinski definition) is 0. The molecule has 0 aliphatic carbocycles. The van der Waals surface area contributed by atoms with E-state index in [0.717, 1.165) is 0 Å². The van der Waals surface area contributed by atoms with E-state index in [1.165, 1.54) is 12.1 Å². The van der Waals surface area contributed by atoms with Crippen LogP contribution >= 0.6 is 0 Å². The highest BCUT2D eigenvalue weighted by atomic mass is 19.4. The monoisotopic (exact) mass is 187 g/mol. The second-order valence-corrected chi connectivity index (χ2v) is 2.79. The van der Waals surface area contributed by atoms with Gasteiger partial charge in [0.1, 0.15) is 0 Å². The van der Waals surface area contributed by atoms with Crippen molar-refractivity contribution in [2.24, 2.45) is 0 Å². The van der Waals surface area contributed by atoms with Crippen LogP contribution in [-0.4, -0.2) is 6.18 Å². The summed E-state index contributed by atoms with van der Waals surface area (Å²) in [4.78, 5) is 0. The molecule has 0 fully saturated rings. The first-order chi connectivity index (χ1) is 6.05. The summed E-state index contributed by atoms with van der Waals surface area (Å²) >= 11 is 0. The van der Waals surface area contributed by atoms with E-state index in [0.29, 0.717) is 0 Å². The Morgan fingerprint density at radius 2 is 1.69 bits per heavy atom. The maximum Gasteiger partial charge on any atom is 0.395 e. The lowest BCUT2D eigenvalue weighted by atomic mass is 9.96. The Kier molecular flexibility index (Phi) is 2.96. The number of halogens is 3. The van der Waals surface area contributed by atoms with Crippen LogP contribution in [0.15, 0.2) is 30.3 Å². The second-order valence-electron chi connectivity index (χ2n) is 2.79. The Bertz CT molecular complexity index is 251. The van der Waals surface area contributed by atoms with E-state index < -0.39 is 12.1 Å². The number of alkyl halides is 3. The van der Waals surface area contributed by atoms with Crippen LogP contribution in [0.2, 0.25) is 0 Å². The van der Waals surface area contributed by atoms with Crippen molar-refractivity contribution in [3.63, 3.8) is 0 Å². The van der Waals surface area contributed by atoms with Gasteiger partial charge in [0.2, 0.25) is 0 Å². The van der Waals surface area contributed by atoms with E-state index in [1.54, 1.807) is 18.2 Å². The van der Waals surface area contributed by atoms with Gasteiger partial charge in [-0.3, -0.25) is 0 Å². The van der Waals surface area contributed by atoms with Crippen molar-refractivity contribution in [3.8, 4) is 0 Å². The predicted molar refractivity (Wildman–Crippen MR) is 45.2 cm³/mol. The minimum atomic E-state index is -4.19. The fraction of sp³-hybridized carbons (Fsp3) is 0.300. The van der Waals surface area contributed by atoms with Crippen LogP contribution in [0.5, 0.6) is 0 Å². The molecular weight excluding hydrogens is 177 g/mol. The molecule has 1 rings (SSSR count). The molecule has 1 aromatic rings. The van der Waals surface area contributed by atoms with Crippen LogP contribution in [0, 0.1) is 6.92 Å². The molecule has 0 N–H and O–H groups in total. The summed E-state index contributed by atoms with van der Waals surface area (Å²) in [6.45, 7) is 3.31. The highest BCUT2D eigenvalue weighted by Gasteiger charge is 2.38. The van der Waals surface area contributed by atoms with Gasteiger partial charge in [0.25, 0.3) is 0 Å². The molecule has 1 radical (unpaired) electrons. The molecule has 0 aromatic heterocycles. The first-order valence-electron chi connectivity index (χ1n) is 3.96. The van der Waals surface area contributed by atoms with Crippen LogP contribution in [0.4, 0.5) is 13.2 Å². The Morgan fingerprint density at radius 1 is 1.15 bits per heavy atom. The van der Waals surface area contributed by atoms with E-state index in [1.807, 2.05) is 0 Å². The molecule has 1 atom stereocenters. The first-order valence-corrected chi connectivity index (χ1v) is 3.96. The van der Waals surface area contributed by atoms with Gasteiger partial charge in [-0.25, -0.2) is 0 Å². The van der Waals surface area contributed by atoms with E-state index in [9.17, 15) is 13.2 Å². The van der Waals surface area contributed by atoms with Gasteiger partial charge in [-0.05, 0) is 12.0 Å². The minimum Gasteiger partial charge on any atom is -0.170 e. The summed E-state index contributed by atoms with van der Waals surface area (Å²) in [6.07, 6.45) is -4.35. The Hall–Kier alpha value is -0.990. The standard InChI is InChI=1S/C10H10F3/c1-2-9(10(11,12)13)8-6-4-3-5-7-8/h3-7,9H,1-2H2. The van der Waals surface area contributed by atoms with Gasteiger partial charge >= 0.3 is 6.18 Å². The van der Waals surface area contributed by atoms with Crippen molar-refractivity contribution in [1.82, 2.24) is 0 Å². The zero-order valence-corrected chi connectivity index (χ0v) is 7.01. The third-order valence-electron chi connectivity index (χ3n) is 1.89. The summed E-state index contributed by atoms with van der Waals surface area (Å²) in [5, 5.41) is 0. The molecule has 0 amide bonds. The molecule has 0 heterocycles. The highest BCUT2D eigenvalue weighted by Crippen LogP contribution is 2.36. The lowest BCUT2D eigenvalue weighted by Crippen LogP contribution is -2.19. The van der Waals surface area contributed by atoms with Crippen LogP contribution in [0.3, 0.4) is 0 Å². The zero-order valence-electron chi connectivity index (χ0n) is 7.01. The van der Waals surface area contributed by atoms with Crippen molar-refractivity contribution in [3.05, 3.63) is 42.8 Å².